The van der Waals surface area contributed by atoms with E-state index in [0.29, 0.717) is 43.3 Å². The van der Waals surface area contributed by atoms with Gasteiger partial charge >= 0.3 is 0 Å². The van der Waals surface area contributed by atoms with Gasteiger partial charge in [-0.2, -0.15) is 8.61 Å². The van der Waals surface area contributed by atoms with Gasteiger partial charge in [-0.15, -0.1) is 10.2 Å². The molecule has 2 aliphatic rings. The number of anilines is 1. The molecule has 0 spiro atoms. The quantitative estimate of drug-likeness (QED) is 0.361. The molecule has 14 heteroatoms. The number of amides is 1. The molecule has 2 aromatic carbocycles. The summed E-state index contributed by atoms with van der Waals surface area (Å²) in [5.74, 6) is 0.230. The zero-order valence-corrected chi connectivity index (χ0v) is 24.5. The first-order valence-electron chi connectivity index (χ1n) is 13.1. The highest BCUT2D eigenvalue weighted by Gasteiger charge is 2.29. The van der Waals surface area contributed by atoms with Crippen molar-refractivity contribution in [2.24, 2.45) is 5.92 Å². The second-order valence-corrected chi connectivity index (χ2v) is 14.8. The molecule has 1 atom stereocenters. The maximum absolute atomic E-state index is 12.9. The Morgan fingerprint density at radius 1 is 0.900 bits per heavy atom. The van der Waals surface area contributed by atoms with Gasteiger partial charge in [0.2, 0.25) is 31.8 Å². The van der Waals surface area contributed by atoms with E-state index < -0.39 is 20.0 Å². The van der Waals surface area contributed by atoms with Gasteiger partial charge in [-0.25, -0.2) is 16.8 Å². The Labute approximate surface area is 238 Å². The average molecular weight is 606 g/mol. The second kappa shape index (κ2) is 12.0. The molecule has 1 aromatic heterocycles. The van der Waals surface area contributed by atoms with Crippen LogP contribution in [0.3, 0.4) is 0 Å². The predicted octanol–water partition coefficient (Wildman–Crippen LogP) is 3.67. The van der Waals surface area contributed by atoms with Crippen molar-refractivity contribution in [2.75, 3.05) is 37.2 Å². The van der Waals surface area contributed by atoms with E-state index in [1.165, 1.54) is 32.9 Å². The number of aromatic nitrogens is 2. The van der Waals surface area contributed by atoms with Crippen LogP contribution in [0.25, 0.3) is 11.5 Å². The van der Waals surface area contributed by atoms with E-state index in [9.17, 15) is 21.6 Å². The monoisotopic (exact) mass is 605 g/mol. The van der Waals surface area contributed by atoms with Crippen LogP contribution in [0.4, 0.5) is 5.69 Å². The van der Waals surface area contributed by atoms with Crippen molar-refractivity contribution in [1.82, 2.24) is 18.8 Å². The van der Waals surface area contributed by atoms with Crippen LogP contribution in [-0.2, 0) is 24.8 Å². The fraction of sp³-hybridized carbons (Fsp3) is 0.423. The number of piperidine rings is 1. The molecule has 5 rings (SSSR count). The molecule has 2 saturated heterocycles. The van der Waals surface area contributed by atoms with E-state index >= 15 is 0 Å². The average Bonchev–Trinajstić information content (AvgIpc) is 3.66. The molecule has 0 bridgehead atoms. The number of sulfonamides is 2. The summed E-state index contributed by atoms with van der Waals surface area (Å²) in [6.07, 6.45) is 3.61. The minimum atomic E-state index is -3.56. The molecule has 11 nitrogen and oxygen atoms in total. The number of carbonyl (C=O) groups excluding carboxylic acids is 1. The molecule has 3 heterocycles. The summed E-state index contributed by atoms with van der Waals surface area (Å²) in [6.45, 7) is 4.16. The van der Waals surface area contributed by atoms with Crippen molar-refractivity contribution >= 4 is 43.4 Å². The van der Waals surface area contributed by atoms with Gasteiger partial charge in [0.1, 0.15) is 0 Å². The summed E-state index contributed by atoms with van der Waals surface area (Å²) >= 11 is 1.06. The van der Waals surface area contributed by atoms with Crippen LogP contribution >= 0.6 is 11.8 Å². The summed E-state index contributed by atoms with van der Waals surface area (Å²) < 4.78 is 59.9. The van der Waals surface area contributed by atoms with E-state index in [-0.39, 0.29) is 32.6 Å². The highest BCUT2D eigenvalue weighted by molar-refractivity contribution is 7.99. The lowest BCUT2D eigenvalue weighted by Crippen LogP contribution is -2.39. The van der Waals surface area contributed by atoms with Crippen LogP contribution in [0.2, 0.25) is 0 Å². The van der Waals surface area contributed by atoms with Crippen LogP contribution in [0.1, 0.15) is 32.6 Å². The zero-order chi connectivity index (χ0) is 28.3. The number of thioether (sulfide) groups is 1. The summed E-state index contributed by atoms with van der Waals surface area (Å²) in [6, 6.07) is 12.4. The van der Waals surface area contributed by atoms with Crippen LogP contribution in [0, 0.1) is 5.92 Å². The van der Waals surface area contributed by atoms with Crippen molar-refractivity contribution in [3.05, 3.63) is 48.5 Å². The van der Waals surface area contributed by atoms with Crippen LogP contribution in [0.5, 0.6) is 0 Å². The molecular formula is C26H31N5O6S3. The number of nitrogens with zero attached hydrogens (tertiary/aromatic N) is 4. The van der Waals surface area contributed by atoms with Crippen LogP contribution in [-0.4, -0.2) is 73.5 Å². The van der Waals surface area contributed by atoms with E-state index in [1.807, 2.05) is 0 Å². The second-order valence-electron chi connectivity index (χ2n) is 9.98. The third kappa shape index (κ3) is 6.41. The zero-order valence-electron chi connectivity index (χ0n) is 22.0. The molecule has 0 radical (unpaired) electrons. The van der Waals surface area contributed by atoms with Gasteiger partial charge in [0, 0.05) is 37.4 Å². The molecular weight excluding hydrogens is 575 g/mol. The molecule has 1 N–H and O–H groups in total. The number of carbonyl (C=O) groups is 1. The van der Waals surface area contributed by atoms with Crippen LogP contribution < -0.4 is 5.32 Å². The summed E-state index contributed by atoms with van der Waals surface area (Å²) in [5.41, 5.74) is 1.05. The minimum Gasteiger partial charge on any atom is -0.411 e. The first-order chi connectivity index (χ1) is 19.1. The first kappa shape index (κ1) is 28.7. The Hall–Kier alpha value is -2.78. The van der Waals surface area contributed by atoms with Gasteiger partial charge in [0.05, 0.1) is 15.5 Å². The lowest BCUT2D eigenvalue weighted by molar-refractivity contribution is -0.113. The van der Waals surface area contributed by atoms with E-state index in [0.717, 1.165) is 37.4 Å². The van der Waals surface area contributed by atoms with Crippen LogP contribution in [0.15, 0.2) is 68.0 Å². The van der Waals surface area contributed by atoms with Crippen molar-refractivity contribution < 1.29 is 26.0 Å². The number of hydrogen-bond donors (Lipinski definition) is 1. The summed E-state index contributed by atoms with van der Waals surface area (Å²) in [7, 11) is -7.07. The third-order valence-corrected chi connectivity index (χ3v) is 11.5. The SMILES string of the molecule is C[C@@H]1CCCN(S(=O)(=O)c2ccc(NC(=O)CSc3nnc(-c4ccc(S(=O)(=O)N5CCCC5)cc4)o3)cc2)C1. The van der Waals surface area contributed by atoms with Gasteiger partial charge in [-0.3, -0.25) is 4.79 Å². The van der Waals surface area contributed by atoms with E-state index in [1.54, 1.807) is 24.3 Å². The first-order valence-corrected chi connectivity index (χ1v) is 17.0. The molecule has 214 valence electrons. The van der Waals surface area contributed by atoms with Crippen molar-refractivity contribution in [1.29, 1.82) is 0 Å². The lowest BCUT2D eigenvalue weighted by atomic mass is 10.0. The fourth-order valence-corrected chi connectivity index (χ4v) is 8.46. The molecule has 1 amide bonds. The normalized spacial score (nSPS) is 19.1. The molecule has 40 heavy (non-hydrogen) atoms. The van der Waals surface area contributed by atoms with Gasteiger partial charge in [0.15, 0.2) is 0 Å². The van der Waals surface area contributed by atoms with Gasteiger partial charge in [-0.1, -0.05) is 18.7 Å². The van der Waals surface area contributed by atoms with Crippen molar-refractivity contribution in [2.45, 2.75) is 47.6 Å². The molecule has 2 fully saturated rings. The van der Waals surface area contributed by atoms with E-state index in [2.05, 4.69) is 22.4 Å². The van der Waals surface area contributed by atoms with Crippen molar-refractivity contribution in [3.63, 3.8) is 0 Å². The number of hydrogen-bond acceptors (Lipinski definition) is 9. The topological polar surface area (TPSA) is 143 Å². The molecule has 0 unspecified atom stereocenters. The van der Waals surface area contributed by atoms with Crippen molar-refractivity contribution in [3.8, 4) is 11.5 Å². The van der Waals surface area contributed by atoms with Gasteiger partial charge < -0.3 is 9.73 Å². The largest absolute Gasteiger partial charge is 0.411 e. The predicted molar refractivity (Wildman–Crippen MR) is 151 cm³/mol. The van der Waals surface area contributed by atoms with E-state index in [4.69, 9.17) is 4.42 Å². The number of benzene rings is 2. The molecule has 0 aliphatic carbocycles. The molecule has 0 saturated carbocycles. The Kier molecular flexibility index (Phi) is 8.61. The Bertz CT molecular complexity index is 1550. The third-order valence-electron chi connectivity index (χ3n) is 6.93. The summed E-state index contributed by atoms with van der Waals surface area (Å²) in [5, 5.41) is 10.9. The number of nitrogens with one attached hydrogen (secondary N) is 1. The minimum absolute atomic E-state index is 0.000363. The standard InChI is InChI=1S/C26H31N5O6S3/c1-19-5-4-16-31(17-19)40(35,36)23-12-8-21(9-13-23)27-24(32)18-38-26-29-28-25(37-26)20-6-10-22(11-7-20)39(33,34)30-14-2-3-15-30/h6-13,19H,2-5,14-18H2,1H3,(H,27,32)/t19-/m1/s1. The maximum Gasteiger partial charge on any atom is 0.277 e. The maximum atomic E-state index is 12.9. The molecule has 2 aliphatic heterocycles. The Balaban J connectivity index is 1.14. The fourth-order valence-electron chi connectivity index (χ4n) is 4.78. The number of rotatable bonds is 9. The van der Waals surface area contributed by atoms with Gasteiger partial charge in [-0.05, 0) is 80.1 Å². The lowest BCUT2D eigenvalue weighted by Gasteiger charge is -2.30. The smallest absolute Gasteiger partial charge is 0.277 e. The summed E-state index contributed by atoms with van der Waals surface area (Å²) in [4.78, 5) is 12.9. The Morgan fingerprint density at radius 2 is 1.50 bits per heavy atom. The highest BCUT2D eigenvalue weighted by atomic mass is 32.2. The Morgan fingerprint density at radius 3 is 2.15 bits per heavy atom. The van der Waals surface area contributed by atoms with Gasteiger partial charge in [0.25, 0.3) is 5.22 Å². The molecule has 3 aromatic rings. The highest BCUT2D eigenvalue weighted by Crippen LogP contribution is 2.27.